The van der Waals surface area contributed by atoms with E-state index in [0.717, 1.165) is 12.1 Å². The fraction of sp³-hybridized carbons (Fsp3) is 0.364. The number of anilines is 1. The summed E-state index contributed by atoms with van der Waals surface area (Å²) in [5, 5.41) is 7.17. The second-order valence-corrected chi connectivity index (χ2v) is 7.50. The molecule has 1 aliphatic heterocycles. The Morgan fingerprint density at radius 3 is 2.70 bits per heavy atom. The van der Waals surface area contributed by atoms with Crippen LogP contribution in [0.15, 0.2) is 53.5 Å². The smallest absolute Gasteiger partial charge is 0.350 e. The van der Waals surface area contributed by atoms with Crippen LogP contribution in [0.3, 0.4) is 0 Å². The summed E-state index contributed by atoms with van der Waals surface area (Å²) >= 11 is 0. The van der Waals surface area contributed by atoms with Crippen LogP contribution in [0.2, 0.25) is 0 Å². The molecule has 3 aromatic rings. The topological polar surface area (TPSA) is 88.7 Å². The third-order valence-electron chi connectivity index (χ3n) is 5.49. The van der Waals surface area contributed by atoms with E-state index in [0.29, 0.717) is 31.7 Å². The highest BCUT2D eigenvalue weighted by Gasteiger charge is 2.34. The Balaban J connectivity index is 1.28. The zero-order chi connectivity index (χ0) is 21.1. The lowest BCUT2D eigenvalue weighted by Crippen LogP contribution is -2.34. The summed E-state index contributed by atoms with van der Waals surface area (Å²) in [6.07, 6.45) is 3.42. The molecule has 2 amide bonds. The lowest BCUT2D eigenvalue weighted by atomic mass is 10.1. The average Bonchev–Trinajstić information content (AvgIpc) is 3.31. The zero-order valence-electron chi connectivity index (χ0n) is 17.0. The number of hydrogen-bond acceptors (Lipinski definition) is 4. The van der Waals surface area contributed by atoms with Crippen molar-refractivity contribution in [2.24, 2.45) is 5.92 Å². The predicted octanol–water partition coefficient (Wildman–Crippen LogP) is 1.62. The van der Waals surface area contributed by atoms with Gasteiger partial charge in [0, 0.05) is 37.9 Å². The lowest BCUT2D eigenvalue weighted by Gasteiger charge is -2.17. The molecule has 3 heterocycles. The minimum absolute atomic E-state index is 0.0318. The molecule has 1 aromatic carbocycles. The standard InChI is InChI=1S/C22H25N5O3/c1-2-16-7-9-18(10-8-16)26-15-17(14-20(26)28)21(29)23-11-5-13-27-22(30)25-12-4-3-6-19(25)24-27/h3-4,6-10,12,17H,2,5,11,13-15H2,1H3,(H,23,29). The van der Waals surface area contributed by atoms with Gasteiger partial charge < -0.3 is 10.2 Å². The number of aryl methyl sites for hydroxylation is 2. The number of nitrogens with one attached hydrogen (secondary N) is 1. The maximum absolute atomic E-state index is 12.5. The van der Waals surface area contributed by atoms with Crippen LogP contribution in [0.4, 0.5) is 5.69 Å². The maximum atomic E-state index is 12.5. The van der Waals surface area contributed by atoms with E-state index >= 15 is 0 Å². The van der Waals surface area contributed by atoms with E-state index in [1.165, 1.54) is 14.6 Å². The largest absolute Gasteiger partial charge is 0.356 e. The van der Waals surface area contributed by atoms with Gasteiger partial charge in [-0.3, -0.25) is 14.0 Å². The molecule has 4 rings (SSSR count). The maximum Gasteiger partial charge on any atom is 0.350 e. The van der Waals surface area contributed by atoms with Crippen molar-refractivity contribution < 1.29 is 9.59 Å². The fourth-order valence-electron chi connectivity index (χ4n) is 3.74. The number of nitrogens with zero attached hydrogens (tertiary/aromatic N) is 4. The normalized spacial score (nSPS) is 16.4. The van der Waals surface area contributed by atoms with Crippen LogP contribution in [0.5, 0.6) is 0 Å². The van der Waals surface area contributed by atoms with E-state index in [2.05, 4.69) is 17.3 Å². The fourth-order valence-corrected chi connectivity index (χ4v) is 3.74. The highest BCUT2D eigenvalue weighted by Crippen LogP contribution is 2.25. The molecule has 30 heavy (non-hydrogen) atoms. The molecular formula is C22H25N5O3. The summed E-state index contributed by atoms with van der Waals surface area (Å²) in [5.74, 6) is -0.518. The van der Waals surface area contributed by atoms with Crippen LogP contribution >= 0.6 is 0 Å². The number of pyridine rings is 1. The third-order valence-corrected chi connectivity index (χ3v) is 5.49. The molecule has 8 heteroatoms. The van der Waals surface area contributed by atoms with Crippen molar-refractivity contribution in [2.75, 3.05) is 18.0 Å². The van der Waals surface area contributed by atoms with Gasteiger partial charge in [-0.2, -0.15) is 0 Å². The van der Waals surface area contributed by atoms with Gasteiger partial charge in [-0.15, -0.1) is 5.10 Å². The van der Waals surface area contributed by atoms with Gasteiger partial charge in [-0.05, 0) is 42.7 Å². The second kappa shape index (κ2) is 8.52. The molecule has 1 N–H and O–H groups in total. The molecule has 0 spiro atoms. The number of benzene rings is 1. The van der Waals surface area contributed by atoms with Crippen molar-refractivity contribution in [1.29, 1.82) is 0 Å². The van der Waals surface area contributed by atoms with Gasteiger partial charge in [0.05, 0.1) is 5.92 Å². The van der Waals surface area contributed by atoms with Crippen molar-refractivity contribution in [3.63, 3.8) is 0 Å². The molecule has 0 radical (unpaired) electrons. The Kier molecular flexibility index (Phi) is 5.65. The van der Waals surface area contributed by atoms with Gasteiger partial charge in [0.2, 0.25) is 11.8 Å². The molecule has 1 saturated heterocycles. The Morgan fingerprint density at radius 1 is 1.17 bits per heavy atom. The molecule has 1 unspecified atom stereocenters. The van der Waals surface area contributed by atoms with Crippen molar-refractivity contribution in [3.8, 4) is 0 Å². The summed E-state index contributed by atoms with van der Waals surface area (Å²) in [7, 11) is 0. The number of aromatic nitrogens is 3. The molecule has 1 atom stereocenters. The SMILES string of the molecule is CCc1ccc(N2CC(C(=O)NCCCn3nc4ccccn4c3=O)CC2=O)cc1. The van der Waals surface area contributed by atoms with Gasteiger partial charge >= 0.3 is 5.69 Å². The van der Waals surface area contributed by atoms with E-state index in [1.54, 1.807) is 23.2 Å². The number of rotatable bonds is 7. The molecule has 2 aromatic heterocycles. The predicted molar refractivity (Wildman–Crippen MR) is 113 cm³/mol. The van der Waals surface area contributed by atoms with Crippen molar-refractivity contribution in [2.45, 2.75) is 32.7 Å². The first kappa shape index (κ1) is 19.9. The van der Waals surface area contributed by atoms with E-state index in [1.807, 2.05) is 30.3 Å². The number of hydrogen-bond donors (Lipinski definition) is 1. The van der Waals surface area contributed by atoms with Gasteiger partial charge in [0.15, 0.2) is 5.65 Å². The van der Waals surface area contributed by atoms with Gasteiger partial charge in [0.25, 0.3) is 0 Å². The Labute approximate surface area is 174 Å². The van der Waals surface area contributed by atoms with Crippen LogP contribution < -0.4 is 15.9 Å². The van der Waals surface area contributed by atoms with Gasteiger partial charge in [0.1, 0.15) is 0 Å². The first-order valence-electron chi connectivity index (χ1n) is 10.3. The quantitative estimate of drug-likeness (QED) is 0.603. The zero-order valence-corrected chi connectivity index (χ0v) is 17.0. The highest BCUT2D eigenvalue weighted by atomic mass is 16.2. The van der Waals surface area contributed by atoms with E-state index in [4.69, 9.17) is 0 Å². The number of amides is 2. The van der Waals surface area contributed by atoms with Crippen LogP contribution in [-0.4, -0.2) is 39.1 Å². The van der Waals surface area contributed by atoms with Crippen molar-refractivity contribution in [3.05, 3.63) is 64.7 Å². The van der Waals surface area contributed by atoms with Gasteiger partial charge in [-0.25, -0.2) is 9.48 Å². The van der Waals surface area contributed by atoms with E-state index in [9.17, 15) is 14.4 Å². The molecular weight excluding hydrogens is 382 g/mol. The van der Waals surface area contributed by atoms with Gasteiger partial charge in [-0.1, -0.05) is 25.1 Å². The third kappa shape index (κ3) is 3.98. The molecule has 0 bridgehead atoms. The Morgan fingerprint density at radius 2 is 1.97 bits per heavy atom. The summed E-state index contributed by atoms with van der Waals surface area (Å²) in [5.41, 5.74) is 2.45. The molecule has 1 fully saturated rings. The second-order valence-electron chi connectivity index (χ2n) is 7.50. The monoisotopic (exact) mass is 407 g/mol. The molecule has 8 nitrogen and oxygen atoms in total. The molecule has 1 aliphatic rings. The Hall–Kier alpha value is -3.42. The van der Waals surface area contributed by atoms with Crippen molar-refractivity contribution in [1.82, 2.24) is 19.5 Å². The van der Waals surface area contributed by atoms with E-state index in [-0.39, 0.29) is 29.8 Å². The minimum atomic E-state index is -0.360. The summed E-state index contributed by atoms with van der Waals surface area (Å²) in [6.45, 7) is 3.32. The first-order valence-corrected chi connectivity index (χ1v) is 10.3. The van der Waals surface area contributed by atoms with E-state index < -0.39 is 0 Å². The van der Waals surface area contributed by atoms with Crippen molar-refractivity contribution >= 4 is 23.1 Å². The minimum Gasteiger partial charge on any atom is -0.356 e. The number of fused-ring (bicyclic) bond motifs is 1. The first-order chi connectivity index (χ1) is 14.6. The number of carbonyl (C=O) groups is 2. The van der Waals surface area contributed by atoms with Crippen LogP contribution in [-0.2, 0) is 22.6 Å². The summed E-state index contributed by atoms with van der Waals surface area (Å²) in [6, 6.07) is 13.3. The Bertz CT molecular complexity index is 1120. The molecule has 0 aliphatic carbocycles. The van der Waals surface area contributed by atoms with Crippen LogP contribution in [0.25, 0.3) is 5.65 Å². The van der Waals surface area contributed by atoms with Crippen LogP contribution in [0.1, 0.15) is 25.3 Å². The number of carbonyl (C=O) groups excluding carboxylic acids is 2. The molecule has 156 valence electrons. The average molecular weight is 407 g/mol. The van der Waals surface area contributed by atoms with Crippen LogP contribution in [0, 0.1) is 5.92 Å². The summed E-state index contributed by atoms with van der Waals surface area (Å²) in [4.78, 5) is 38.8. The summed E-state index contributed by atoms with van der Waals surface area (Å²) < 4.78 is 2.90. The molecule has 0 saturated carbocycles. The highest BCUT2D eigenvalue weighted by molar-refractivity contribution is 6.00. The lowest BCUT2D eigenvalue weighted by molar-refractivity contribution is -0.126.